The molecule has 1 aromatic carbocycles. The summed E-state index contributed by atoms with van der Waals surface area (Å²) in [6.07, 6.45) is 3.51. The average molecular weight is 341 g/mol. The van der Waals surface area contributed by atoms with Crippen LogP contribution in [0.1, 0.15) is 17.3 Å². The zero-order valence-corrected chi connectivity index (χ0v) is 14.3. The van der Waals surface area contributed by atoms with Crippen molar-refractivity contribution in [2.45, 2.75) is 6.92 Å². The molecule has 24 heavy (non-hydrogen) atoms. The van der Waals surface area contributed by atoms with Crippen molar-refractivity contribution >= 4 is 34.7 Å². The van der Waals surface area contributed by atoms with E-state index in [4.69, 9.17) is 12.2 Å². The van der Waals surface area contributed by atoms with Gasteiger partial charge in [0.15, 0.2) is 10.9 Å². The number of nitrogens with zero attached hydrogens (tertiary/aromatic N) is 4. The third-order valence-corrected chi connectivity index (χ3v) is 4.28. The number of Topliss-reactive ketones (excluding diaryl/α,β-unsaturated/α-hetero) is 1. The molecule has 0 spiro atoms. The largest absolute Gasteiger partial charge is 0.345 e. The Morgan fingerprint density at radius 3 is 2.50 bits per heavy atom. The first-order chi connectivity index (χ1) is 11.6. The molecule has 3 rings (SSSR count). The Morgan fingerprint density at radius 1 is 1.12 bits per heavy atom. The summed E-state index contributed by atoms with van der Waals surface area (Å²) < 4.78 is 0. The van der Waals surface area contributed by atoms with Crippen molar-refractivity contribution < 1.29 is 4.79 Å². The molecule has 1 fully saturated rings. The zero-order valence-electron chi connectivity index (χ0n) is 13.5. The average Bonchev–Trinajstić information content (AvgIpc) is 2.63. The lowest BCUT2D eigenvalue weighted by atomic mass is 10.1. The van der Waals surface area contributed by atoms with Crippen LogP contribution in [0.15, 0.2) is 42.7 Å². The van der Waals surface area contributed by atoms with Crippen LogP contribution in [0, 0.1) is 0 Å². The number of anilines is 2. The van der Waals surface area contributed by atoms with Gasteiger partial charge in [0.2, 0.25) is 5.95 Å². The van der Waals surface area contributed by atoms with Crippen LogP contribution >= 0.6 is 12.2 Å². The van der Waals surface area contributed by atoms with Gasteiger partial charge < -0.3 is 15.1 Å². The third-order valence-electron chi connectivity index (χ3n) is 3.92. The monoisotopic (exact) mass is 341 g/mol. The Labute approximate surface area is 146 Å². The SMILES string of the molecule is CC(=O)c1cccc(NC(=S)N2CCN(c3ncccn3)CC2)c1. The van der Waals surface area contributed by atoms with Gasteiger partial charge in [0.1, 0.15) is 0 Å². The molecule has 1 aromatic heterocycles. The molecule has 1 aliphatic rings. The number of hydrogen-bond donors (Lipinski definition) is 1. The first-order valence-corrected chi connectivity index (χ1v) is 8.23. The van der Waals surface area contributed by atoms with Crippen LogP contribution in [0.25, 0.3) is 0 Å². The van der Waals surface area contributed by atoms with Gasteiger partial charge in [-0.15, -0.1) is 0 Å². The Bertz CT molecular complexity index is 729. The summed E-state index contributed by atoms with van der Waals surface area (Å²) in [5.41, 5.74) is 1.51. The molecule has 0 radical (unpaired) electrons. The van der Waals surface area contributed by atoms with E-state index in [0.717, 1.165) is 37.8 Å². The minimum absolute atomic E-state index is 0.0426. The molecule has 1 aliphatic heterocycles. The molecule has 0 bridgehead atoms. The highest BCUT2D eigenvalue weighted by atomic mass is 32.1. The van der Waals surface area contributed by atoms with Crippen LogP contribution in [0.4, 0.5) is 11.6 Å². The lowest BCUT2D eigenvalue weighted by Gasteiger charge is -2.36. The number of hydrogen-bond acceptors (Lipinski definition) is 5. The second-order valence-corrected chi connectivity index (χ2v) is 5.98. The van der Waals surface area contributed by atoms with Crippen LogP contribution in [-0.4, -0.2) is 51.9 Å². The number of piperazine rings is 1. The van der Waals surface area contributed by atoms with Gasteiger partial charge in [-0.05, 0) is 37.3 Å². The summed E-state index contributed by atoms with van der Waals surface area (Å²) >= 11 is 5.50. The van der Waals surface area contributed by atoms with Gasteiger partial charge in [0.05, 0.1) is 0 Å². The molecule has 6 nitrogen and oxygen atoms in total. The van der Waals surface area contributed by atoms with E-state index in [1.807, 2.05) is 24.3 Å². The van der Waals surface area contributed by atoms with E-state index in [2.05, 4.69) is 25.1 Å². The smallest absolute Gasteiger partial charge is 0.225 e. The van der Waals surface area contributed by atoms with Crippen LogP contribution in [0.3, 0.4) is 0 Å². The minimum Gasteiger partial charge on any atom is -0.345 e. The van der Waals surface area contributed by atoms with E-state index in [1.54, 1.807) is 25.4 Å². The van der Waals surface area contributed by atoms with E-state index in [9.17, 15) is 4.79 Å². The second-order valence-electron chi connectivity index (χ2n) is 5.59. The maximum atomic E-state index is 11.5. The van der Waals surface area contributed by atoms with E-state index in [-0.39, 0.29) is 5.78 Å². The second kappa shape index (κ2) is 7.35. The van der Waals surface area contributed by atoms with Crippen molar-refractivity contribution in [1.29, 1.82) is 0 Å². The molecular formula is C17H19N5OS. The molecule has 124 valence electrons. The normalized spacial score (nSPS) is 14.4. The molecule has 1 N–H and O–H groups in total. The predicted molar refractivity (Wildman–Crippen MR) is 98.5 cm³/mol. The predicted octanol–water partition coefficient (Wildman–Crippen LogP) is 2.20. The summed E-state index contributed by atoms with van der Waals surface area (Å²) in [7, 11) is 0. The Kier molecular flexibility index (Phi) is 5.00. The summed E-state index contributed by atoms with van der Waals surface area (Å²) in [6.45, 7) is 4.80. The molecular weight excluding hydrogens is 322 g/mol. The van der Waals surface area contributed by atoms with E-state index >= 15 is 0 Å². The number of carbonyl (C=O) groups is 1. The number of nitrogens with one attached hydrogen (secondary N) is 1. The number of thiocarbonyl (C=S) groups is 1. The molecule has 0 atom stereocenters. The van der Waals surface area contributed by atoms with Gasteiger partial charge in [0, 0.05) is 49.8 Å². The fourth-order valence-corrected chi connectivity index (χ4v) is 2.88. The number of rotatable bonds is 3. The fourth-order valence-electron chi connectivity index (χ4n) is 2.58. The van der Waals surface area contributed by atoms with E-state index in [1.165, 1.54) is 0 Å². The lowest BCUT2D eigenvalue weighted by molar-refractivity contribution is 0.101. The highest BCUT2D eigenvalue weighted by molar-refractivity contribution is 7.80. The highest BCUT2D eigenvalue weighted by Crippen LogP contribution is 2.14. The molecule has 7 heteroatoms. The van der Waals surface area contributed by atoms with E-state index < -0.39 is 0 Å². The maximum Gasteiger partial charge on any atom is 0.225 e. The van der Waals surface area contributed by atoms with Crippen LogP contribution in [0.5, 0.6) is 0 Å². The minimum atomic E-state index is 0.0426. The maximum absolute atomic E-state index is 11.5. The third kappa shape index (κ3) is 3.86. The van der Waals surface area contributed by atoms with Gasteiger partial charge >= 0.3 is 0 Å². The van der Waals surface area contributed by atoms with Crippen molar-refractivity contribution in [3.8, 4) is 0 Å². The topological polar surface area (TPSA) is 61.4 Å². The number of carbonyl (C=O) groups excluding carboxylic acids is 1. The molecule has 1 saturated heterocycles. The Balaban J connectivity index is 1.57. The standard InChI is InChI=1S/C17H19N5OS/c1-13(23)14-4-2-5-15(12-14)20-17(24)22-10-8-21(9-11-22)16-18-6-3-7-19-16/h2-7,12H,8-11H2,1H3,(H,20,24). The molecule has 2 heterocycles. The van der Waals surface area contributed by atoms with Crippen molar-refractivity contribution in [3.63, 3.8) is 0 Å². The summed E-state index contributed by atoms with van der Waals surface area (Å²) in [5, 5.41) is 3.89. The highest BCUT2D eigenvalue weighted by Gasteiger charge is 2.20. The number of benzene rings is 1. The van der Waals surface area contributed by atoms with E-state index in [0.29, 0.717) is 10.7 Å². The van der Waals surface area contributed by atoms with Crippen molar-refractivity contribution in [2.75, 3.05) is 36.4 Å². The summed E-state index contributed by atoms with van der Waals surface area (Å²) in [5.74, 6) is 0.797. The van der Waals surface area contributed by atoms with Gasteiger partial charge in [-0.3, -0.25) is 4.79 Å². The number of aromatic nitrogens is 2. The summed E-state index contributed by atoms with van der Waals surface area (Å²) in [6, 6.07) is 9.20. The summed E-state index contributed by atoms with van der Waals surface area (Å²) in [4.78, 5) is 24.3. The lowest BCUT2D eigenvalue weighted by Crippen LogP contribution is -2.50. The van der Waals surface area contributed by atoms with Crippen LogP contribution < -0.4 is 10.2 Å². The first kappa shape index (κ1) is 16.3. The number of ketones is 1. The Morgan fingerprint density at radius 2 is 1.83 bits per heavy atom. The van der Waals surface area contributed by atoms with Crippen LogP contribution in [-0.2, 0) is 0 Å². The van der Waals surface area contributed by atoms with Crippen molar-refractivity contribution in [1.82, 2.24) is 14.9 Å². The molecule has 0 aliphatic carbocycles. The van der Waals surface area contributed by atoms with Gasteiger partial charge in [-0.25, -0.2) is 9.97 Å². The van der Waals surface area contributed by atoms with Crippen molar-refractivity contribution in [2.24, 2.45) is 0 Å². The van der Waals surface area contributed by atoms with Crippen LogP contribution in [0.2, 0.25) is 0 Å². The first-order valence-electron chi connectivity index (χ1n) is 7.82. The fraction of sp³-hybridized carbons (Fsp3) is 0.294. The van der Waals surface area contributed by atoms with Gasteiger partial charge in [-0.2, -0.15) is 0 Å². The Hall–Kier alpha value is -2.54. The molecule has 0 unspecified atom stereocenters. The zero-order chi connectivity index (χ0) is 16.9. The van der Waals surface area contributed by atoms with Gasteiger partial charge in [0.25, 0.3) is 0 Å². The molecule has 0 saturated carbocycles. The van der Waals surface area contributed by atoms with Crippen molar-refractivity contribution in [3.05, 3.63) is 48.3 Å². The molecule has 2 aromatic rings. The quantitative estimate of drug-likeness (QED) is 0.678. The molecule has 0 amide bonds. The van der Waals surface area contributed by atoms with Gasteiger partial charge in [-0.1, -0.05) is 12.1 Å².